The number of rotatable bonds is 4. The van der Waals surface area contributed by atoms with Crippen molar-refractivity contribution in [3.8, 4) is 0 Å². The maximum Gasteiger partial charge on any atom is 0.352 e. The Morgan fingerprint density at radius 2 is 2.06 bits per heavy atom. The van der Waals surface area contributed by atoms with Crippen molar-refractivity contribution in [3.63, 3.8) is 0 Å². The van der Waals surface area contributed by atoms with E-state index < -0.39 is 5.97 Å². The standard InChI is InChI=1S/C13H18N2O3/c1-7-10(8(2)15-11(7)13(17)18)12(16)14-6-9-4-3-5-9/h9,15H,3-6H2,1-2H3,(H,14,16)(H,17,18). The van der Waals surface area contributed by atoms with E-state index in [0.29, 0.717) is 29.3 Å². The smallest absolute Gasteiger partial charge is 0.352 e. The number of amides is 1. The first kappa shape index (κ1) is 12.7. The van der Waals surface area contributed by atoms with Crippen LogP contribution in [0.3, 0.4) is 0 Å². The van der Waals surface area contributed by atoms with Gasteiger partial charge in [0, 0.05) is 12.2 Å². The topological polar surface area (TPSA) is 82.2 Å². The Balaban J connectivity index is 2.11. The summed E-state index contributed by atoms with van der Waals surface area (Å²) < 4.78 is 0. The van der Waals surface area contributed by atoms with E-state index in [1.54, 1.807) is 13.8 Å². The van der Waals surface area contributed by atoms with Crippen LogP contribution in [0.25, 0.3) is 0 Å². The van der Waals surface area contributed by atoms with E-state index in [1.807, 2.05) is 0 Å². The second kappa shape index (κ2) is 4.84. The number of nitrogens with one attached hydrogen (secondary N) is 2. The zero-order chi connectivity index (χ0) is 13.3. The van der Waals surface area contributed by atoms with Crippen LogP contribution in [0.2, 0.25) is 0 Å². The Labute approximate surface area is 106 Å². The molecular formula is C13H18N2O3. The minimum absolute atomic E-state index is 0.0984. The van der Waals surface area contributed by atoms with Crippen LogP contribution in [0, 0.1) is 19.8 Å². The first-order valence-electron chi connectivity index (χ1n) is 6.21. The lowest BCUT2D eigenvalue weighted by atomic mass is 9.85. The van der Waals surface area contributed by atoms with Crippen molar-refractivity contribution in [2.24, 2.45) is 5.92 Å². The van der Waals surface area contributed by atoms with E-state index in [4.69, 9.17) is 5.11 Å². The molecule has 18 heavy (non-hydrogen) atoms. The van der Waals surface area contributed by atoms with Gasteiger partial charge in [-0.1, -0.05) is 6.42 Å². The molecule has 3 N–H and O–H groups in total. The van der Waals surface area contributed by atoms with E-state index in [1.165, 1.54) is 19.3 Å². The molecule has 0 spiro atoms. The molecule has 0 radical (unpaired) electrons. The van der Waals surface area contributed by atoms with Crippen LogP contribution in [-0.2, 0) is 0 Å². The molecule has 1 amide bonds. The molecule has 5 heteroatoms. The molecule has 98 valence electrons. The van der Waals surface area contributed by atoms with E-state index in [-0.39, 0.29) is 11.6 Å². The number of carbonyl (C=O) groups is 2. The molecular weight excluding hydrogens is 232 g/mol. The Morgan fingerprint density at radius 1 is 1.39 bits per heavy atom. The van der Waals surface area contributed by atoms with E-state index in [2.05, 4.69) is 10.3 Å². The van der Waals surface area contributed by atoms with Gasteiger partial charge in [0.05, 0.1) is 5.56 Å². The number of H-pyrrole nitrogens is 1. The number of carbonyl (C=O) groups excluding carboxylic acids is 1. The highest BCUT2D eigenvalue weighted by Gasteiger charge is 2.23. The zero-order valence-corrected chi connectivity index (χ0v) is 10.7. The summed E-state index contributed by atoms with van der Waals surface area (Å²) in [5.41, 5.74) is 1.68. The Kier molecular flexibility index (Phi) is 3.41. The van der Waals surface area contributed by atoms with Gasteiger partial charge in [-0.05, 0) is 38.2 Å². The Bertz CT molecular complexity index is 487. The van der Waals surface area contributed by atoms with Gasteiger partial charge in [-0.3, -0.25) is 4.79 Å². The number of aromatic nitrogens is 1. The lowest BCUT2D eigenvalue weighted by Crippen LogP contribution is -2.32. The quantitative estimate of drug-likeness (QED) is 0.762. The molecule has 0 saturated heterocycles. The predicted octanol–water partition coefficient (Wildman–Crippen LogP) is 1.86. The number of aromatic carboxylic acids is 1. The lowest BCUT2D eigenvalue weighted by molar-refractivity contribution is 0.0690. The first-order valence-corrected chi connectivity index (χ1v) is 6.21. The first-order chi connectivity index (χ1) is 8.50. The van der Waals surface area contributed by atoms with E-state index in [0.717, 1.165) is 0 Å². The molecule has 2 rings (SSSR count). The maximum atomic E-state index is 12.0. The SMILES string of the molecule is Cc1[nH]c(C(=O)O)c(C)c1C(=O)NCC1CCC1. The Hall–Kier alpha value is -1.78. The fourth-order valence-electron chi connectivity index (χ4n) is 2.33. The minimum Gasteiger partial charge on any atom is -0.477 e. The number of hydrogen-bond acceptors (Lipinski definition) is 2. The van der Waals surface area contributed by atoms with Crippen LogP contribution < -0.4 is 5.32 Å². The van der Waals surface area contributed by atoms with Crippen molar-refractivity contribution < 1.29 is 14.7 Å². The minimum atomic E-state index is -1.03. The fourth-order valence-corrected chi connectivity index (χ4v) is 2.33. The monoisotopic (exact) mass is 250 g/mol. The van der Waals surface area contributed by atoms with Gasteiger partial charge in [0.25, 0.3) is 5.91 Å². The zero-order valence-electron chi connectivity index (χ0n) is 10.7. The average Bonchev–Trinajstić information content (AvgIpc) is 2.52. The van der Waals surface area contributed by atoms with Crippen LogP contribution in [0.5, 0.6) is 0 Å². The van der Waals surface area contributed by atoms with Gasteiger partial charge in [-0.2, -0.15) is 0 Å². The number of carboxylic acid groups (broad SMARTS) is 1. The fraction of sp³-hybridized carbons (Fsp3) is 0.538. The van der Waals surface area contributed by atoms with Crippen molar-refractivity contribution in [1.29, 1.82) is 0 Å². The molecule has 1 aromatic rings. The number of aromatic amines is 1. The summed E-state index contributed by atoms with van der Waals surface area (Å²) in [7, 11) is 0. The lowest BCUT2D eigenvalue weighted by Gasteiger charge is -2.25. The highest BCUT2D eigenvalue weighted by Crippen LogP contribution is 2.25. The number of aryl methyl sites for hydroxylation is 1. The molecule has 0 atom stereocenters. The third-order valence-electron chi connectivity index (χ3n) is 3.65. The molecule has 1 heterocycles. The predicted molar refractivity (Wildman–Crippen MR) is 66.9 cm³/mol. The normalized spacial score (nSPS) is 15.2. The van der Waals surface area contributed by atoms with Crippen LogP contribution >= 0.6 is 0 Å². The molecule has 1 aromatic heterocycles. The molecule has 1 fully saturated rings. The van der Waals surface area contributed by atoms with Gasteiger partial charge in [0.2, 0.25) is 0 Å². The van der Waals surface area contributed by atoms with Crippen LogP contribution in [-0.4, -0.2) is 28.5 Å². The summed E-state index contributed by atoms with van der Waals surface area (Å²) in [5.74, 6) is -0.623. The summed E-state index contributed by atoms with van der Waals surface area (Å²) >= 11 is 0. The molecule has 0 aromatic carbocycles. The highest BCUT2D eigenvalue weighted by atomic mass is 16.4. The highest BCUT2D eigenvalue weighted by molar-refractivity contribution is 6.00. The number of hydrogen-bond donors (Lipinski definition) is 3. The molecule has 1 aliphatic rings. The summed E-state index contributed by atoms with van der Waals surface area (Å²) in [4.78, 5) is 25.8. The molecule has 0 unspecified atom stereocenters. The van der Waals surface area contributed by atoms with Crippen molar-refractivity contribution in [1.82, 2.24) is 10.3 Å². The molecule has 5 nitrogen and oxygen atoms in total. The summed E-state index contributed by atoms with van der Waals surface area (Å²) in [6.07, 6.45) is 3.59. The van der Waals surface area contributed by atoms with Crippen molar-refractivity contribution in [2.45, 2.75) is 33.1 Å². The van der Waals surface area contributed by atoms with Crippen LogP contribution in [0.1, 0.15) is 51.4 Å². The van der Waals surface area contributed by atoms with Crippen LogP contribution in [0.4, 0.5) is 0 Å². The third kappa shape index (κ3) is 2.25. The van der Waals surface area contributed by atoms with Gasteiger partial charge >= 0.3 is 5.97 Å². The van der Waals surface area contributed by atoms with Gasteiger partial charge in [-0.15, -0.1) is 0 Å². The summed E-state index contributed by atoms with van der Waals surface area (Å²) in [6.45, 7) is 4.06. The molecule has 0 aliphatic heterocycles. The van der Waals surface area contributed by atoms with Crippen molar-refractivity contribution in [2.75, 3.05) is 6.54 Å². The molecule has 1 saturated carbocycles. The van der Waals surface area contributed by atoms with Gasteiger partial charge in [-0.25, -0.2) is 4.79 Å². The van der Waals surface area contributed by atoms with E-state index in [9.17, 15) is 9.59 Å². The molecule has 0 bridgehead atoms. The summed E-state index contributed by atoms with van der Waals surface area (Å²) in [6, 6.07) is 0. The van der Waals surface area contributed by atoms with Crippen molar-refractivity contribution in [3.05, 3.63) is 22.5 Å². The number of carboxylic acids is 1. The third-order valence-corrected chi connectivity index (χ3v) is 3.65. The molecule has 1 aliphatic carbocycles. The second-order valence-corrected chi connectivity index (χ2v) is 4.94. The van der Waals surface area contributed by atoms with Gasteiger partial charge < -0.3 is 15.4 Å². The second-order valence-electron chi connectivity index (χ2n) is 4.94. The summed E-state index contributed by atoms with van der Waals surface area (Å²) in [5, 5.41) is 11.9. The largest absolute Gasteiger partial charge is 0.477 e. The van der Waals surface area contributed by atoms with E-state index >= 15 is 0 Å². The maximum absolute atomic E-state index is 12.0. The van der Waals surface area contributed by atoms with Crippen molar-refractivity contribution >= 4 is 11.9 Å². The van der Waals surface area contributed by atoms with Crippen LogP contribution in [0.15, 0.2) is 0 Å². The Morgan fingerprint density at radius 3 is 2.50 bits per heavy atom. The van der Waals surface area contributed by atoms with Gasteiger partial charge in [0.15, 0.2) is 0 Å². The average molecular weight is 250 g/mol. The van der Waals surface area contributed by atoms with Gasteiger partial charge in [0.1, 0.15) is 5.69 Å².